The van der Waals surface area contributed by atoms with Crippen molar-refractivity contribution >= 4 is 60.5 Å². The molecule has 0 saturated carbocycles. The molecule has 0 unspecified atom stereocenters. The molecule has 0 atom stereocenters. The Morgan fingerprint density at radius 2 is 1.00 bits per heavy atom. The Labute approximate surface area is 314 Å². The molecule has 0 amide bonds. The summed E-state index contributed by atoms with van der Waals surface area (Å²) in [5.74, 6) is 0. The van der Waals surface area contributed by atoms with Gasteiger partial charge in [-0.25, -0.2) is 0 Å². The van der Waals surface area contributed by atoms with E-state index >= 15 is 0 Å². The van der Waals surface area contributed by atoms with Gasteiger partial charge in [0.2, 0.25) is 0 Å². The molecule has 0 fully saturated rings. The van der Waals surface area contributed by atoms with E-state index in [0.29, 0.717) is 0 Å². The van der Waals surface area contributed by atoms with Crippen molar-refractivity contribution in [1.82, 2.24) is 0 Å². The predicted octanol–water partition coefficient (Wildman–Crippen LogP) is 14.4. The highest BCUT2D eigenvalue weighted by atomic mass is 16.3. The van der Waals surface area contributed by atoms with Gasteiger partial charge in [0.05, 0.1) is 16.8 Å². The van der Waals surface area contributed by atoms with Crippen molar-refractivity contribution in [2.75, 3.05) is 4.90 Å². The maximum atomic E-state index is 7.06. The molecule has 2 nitrogen and oxygen atoms in total. The molecule has 1 aromatic heterocycles. The Morgan fingerprint density at radius 3 is 1.74 bits per heavy atom. The van der Waals surface area contributed by atoms with Crippen LogP contribution in [-0.2, 0) is 5.41 Å². The van der Waals surface area contributed by atoms with Crippen molar-refractivity contribution < 1.29 is 4.42 Å². The lowest BCUT2D eigenvalue weighted by atomic mass is 9.73. The van der Waals surface area contributed by atoms with E-state index in [-0.39, 0.29) is 0 Å². The molecule has 0 radical (unpaired) electrons. The summed E-state index contributed by atoms with van der Waals surface area (Å²) >= 11 is 0. The van der Waals surface area contributed by atoms with E-state index in [2.05, 4.69) is 206 Å². The monoisotopic (exact) mass is 689 g/mol. The molecule has 254 valence electrons. The largest absolute Gasteiger partial charge is 0.456 e. The van der Waals surface area contributed by atoms with E-state index in [9.17, 15) is 0 Å². The highest BCUT2D eigenvalue weighted by molar-refractivity contribution is 6.19. The van der Waals surface area contributed by atoms with Crippen molar-refractivity contribution in [3.05, 3.63) is 211 Å². The smallest absolute Gasteiger partial charge is 0.141 e. The topological polar surface area (TPSA) is 16.4 Å². The number of furan rings is 1. The Morgan fingerprint density at radius 1 is 0.426 bits per heavy atom. The van der Waals surface area contributed by atoms with Gasteiger partial charge in [-0.15, -0.1) is 0 Å². The number of nitrogens with zero attached hydrogens (tertiary/aromatic N) is 1. The molecule has 1 heterocycles. The van der Waals surface area contributed by atoms with Crippen LogP contribution in [0.4, 0.5) is 17.1 Å². The normalized spacial score (nSPS) is 13.1. The van der Waals surface area contributed by atoms with Gasteiger partial charge in [0.1, 0.15) is 11.2 Å². The molecule has 1 aliphatic carbocycles. The number of para-hydroxylation sites is 1. The van der Waals surface area contributed by atoms with Crippen LogP contribution in [-0.4, -0.2) is 0 Å². The molecule has 54 heavy (non-hydrogen) atoms. The van der Waals surface area contributed by atoms with Gasteiger partial charge in [0.25, 0.3) is 0 Å². The molecule has 0 spiro atoms. The van der Waals surface area contributed by atoms with Crippen molar-refractivity contribution in [3.8, 4) is 22.3 Å². The minimum Gasteiger partial charge on any atom is -0.456 e. The summed E-state index contributed by atoms with van der Waals surface area (Å²) in [6.07, 6.45) is 0. The van der Waals surface area contributed by atoms with Gasteiger partial charge in [0.15, 0.2) is 0 Å². The zero-order chi connectivity index (χ0) is 35.8. The summed E-state index contributed by atoms with van der Waals surface area (Å²) < 4.78 is 7.06. The second kappa shape index (κ2) is 11.8. The van der Waals surface area contributed by atoms with Crippen LogP contribution in [0.5, 0.6) is 0 Å². The number of hydrogen-bond donors (Lipinski definition) is 0. The SMILES string of the molecule is CC1(c2ccc(N(c3ccc(-c4ccccc4)cc3)c3cc4ccccc4c4ccccc34)c3c2oc2ccccc23)c2ccccc2-c2ccccc21. The lowest BCUT2D eigenvalue weighted by Crippen LogP contribution is -2.23. The van der Waals surface area contributed by atoms with E-state index < -0.39 is 5.41 Å². The van der Waals surface area contributed by atoms with Crippen LogP contribution in [0.15, 0.2) is 199 Å². The highest BCUT2D eigenvalue weighted by Crippen LogP contribution is 2.56. The fourth-order valence-electron chi connectivity index (χ4n) is 9.20. The van der Waals surface area contributed by atoms with Gasteiger partial charge in [-0.1, -0.05) is 164 Å². The molecule has 0 saturated heterocycles. The standard InChI is InChI=1S/C52H35NO/c1-52(44-24-12-9-20-40(44)41-21-10-13-25-45(41)52)46-31-32-47(50-43-23-11-14-26-49(43)54-51(46)50)53(37-29-27-35(28-30-37)34-15-3-2-4-16-34)48-33-36-17-5-6-18-38(36)39-19-7-8-22-42(39)48/h2-33H,1H3. The maximum absolute atomic E-state index is 7.06. The van der Waals surface area contributed by atoms with Crippen molar-refractivity contribution in [2.45, 2.75) is 12.3 Å². The van der Waals surface area contributed by atoms with E-state index in [4.69, 9.17) is 4.42 Å². The van der Waals surface area contributed by atoms with Crippen LogP contribution in [0.2, 0.25) is 0 Å². The summed E-state index contributed by atoms with van der Waals surface area (Å²) in [6, 6.07) is 70.4. The molecule has 0 bridgehead atoms. The number of rotatable bonds is 5. The third kappa shape index (κ3) is 4.41. The van der Waals surface area contributed by atoms with Gasteiger partial charge in [0, 0.05) is 27.4 Å². The molecule has 10 aromatic rings. The molecule has 0 aliphatic heterocycles. The molecular weight excluding hydrogens is 655 g/mol. The second-order valence-corrected chi connectivity index (χ2v) is 14.6. The first kappa shape index (κ1) is 30.7. The maximum Gasteiger partial charge on any atom is 0.141 e. The average Bonchev–Trinajstić information content (AvgIpc) is 3.76. The van der Waals surface area contributed by atoms with Crippen LogP contribution < -0.4 is 4.90 Å². The third-order valence-electron chi connectivity index (χ3n) is 11.7. The lowest BCUT2D eigenvalue weighted by molar-refractivity contribution is 0.638. The zero-order valence-corrected chi connectivity index (χ0v) is 29.8. The summed E-state index contributed by atoms with van der Waals surface area (Å²) in [6.45, 7) is 2.37. The number of fused-ring (bicyclic) bond motifs is 9. The summed E-state index contributed by atoms with van der Waals surface area (Å²) in [5.41, 5.74) is 13.4. The van der Waals surface area contributed by atoms with E-state index in [1.165, 1.54) is 54.9 Å². The molecule has 2 heteroatoms. The first-order valence-electron chi connectivity index (χ1n) is 18.7. The Bertz CT molecular complexity index is 3020. The zero-order valence-electron chi connectivity index (χ0n) is 29.8. The quantitative estimate of drug-likeness (QED) is 0.167. The van der Waals surface area contributed by atoms with Gasteiger partial charge in [-0.2, -0.15) is 0 Å². The molecule has 11 rings (SSSR count). The van der Waals surface area contributed by atoms with Gasteiger partial charge in [-0.05, 0) is 86.8 Å². The van der Waals surface area contributed by atoms with Crippen LogP contribution >= 0.6 is 0 Å². The minimum atomic E-state index is -0.421. The van der Waals surface area contributed by atoms with E-state index in [1.54, 1.807) is 0 Å². The van der Waals surface area contributed by atoms with Crippen LogP contribution in [0, 0.1) is 0 Å². The summed E-state index contributed by atoms with van der Waals surface area (Å²) in [7, 11) is 0. The predicted molar refractivity (Wildman–Crippen MR) is 226 cm³/mol. The summed E-state index contributed by atoms with van der Waals surface area (Å²) in [4.78, 5) is 2.45. The van der Waals surface area contributed by atoms with Crippen LogP contribution in [0.25, 0.3) is 65.7 Å². The second-order valence-electron chi connectivity index (χ2n) is 14.6. The average molecular weight is 690 g/mol. The molecule has 1 aliphatic rings. The minimum absolute atomic E-state index is 0.421. The van der Waals surface area contributed by atoms with Crippen molar-refractivity contribution in [1.29, 1.82) is 0 Å². The fraction of sp³-hybridized carbons (Fsp3) is 0.0385. The first-order valence-corrected chi connectivity index (χ1v) is 18.7. The molecule has 0 N–H and O–H groups in total. The van der Waals surface area contributed by atoms with E-state index in [0.717, 1.165) is 44.6 Å². The van der Waals surface area contributed by atoms with E-state index in [1.807, 2.05) is 0 Å². The lowest BCUT2D eigenvalue weighted by Gasteiger charge is -2.31. The van der Waals surface area contributed by atoms with Crippen molar-refractivity contribution in [2.24, 2.45) is 0 Å². The third-order valence-corrected chi connectivity index (χ3v) is 11.7. The Balaban J connectivity index is 1.23. The Hall–Kier alpha value is -6.90. The first-order chi connectivity index (χ1) is 26.7. The molecule has 9 aromatic carbocycles. The van der Waals surface area contributed by atoms with Crippen LogP contribution in [0.1, 0.15) is 23.6 Å². The van der Waals surface area contributed by atoms with Gasteiger partial charge >= 0.3 is 0 Å². The fourth-order valence-corrected chi connectivity index (χ4v) is 9.20. The van der Waals surface area contributed by atoms with Gasteiger partial charge in [-0.3, -0.25) is 0 Å². The van der Waals surface area contributed by atoms with Crippen LogP contribution in [0.3, 0.4) is 0 Å². The number of benzene rings is 9. The molecular formula is C52H35NO. The Kier molecular flexibility index (Phi) is 6.72. The van der Waals surface area contributed by atoms with Gasteiger partial charge < -0.3 is 9.32 Å². The number of anilines is 3. The highest BCUT2D eigenvalue weighted by Gasteiger charge is 2.43. The number of hydrogen-bond acceptors (Lipinski definition) is 2. The summed E-state index contributed by atoms with van der Waals surface area (Å²) in [5, 5.41) is 7.08. The van der Waals surface area contributed by atoms with Crippen molar-refractivity contribution in [3.63, 3.8) is 0 Å².